The zero-order chi connectivity index (χ0) is 25.0. The number of nitrogens with zero attached hydrogens (tertiary/aromatic N) is 2. The number of fused-ring (bicyclic) bond motifs is 1. The molecule has 2 atom stereocenters. The standard InChI is InChI=1S/C23H28ClN5O4S/c1-23(2,3)20(22(31)26-10-11-34(32)33)27-21(30)19-17-12-15(24)6-9-18(17)29(28-19)13-14-4-7-16(25)8-5-14/h4-9,12,20H,10-11,13,25H2,1-3H3,(H,26,31)(H,27,30)(H,32,33). The largest absolute Gasteiger partial charge is 0.399 e. The van der Waals surface area contributed by atoms with Crippen LogP contribution in [-0.4, -0.2) is 48.7 Å². The third kappa shape index (κ3) is 6.34. The molecule has 34 heavy (non-hydrogen) atoms. The number of halogens is 1. The number of carbonyl (C=O) groups is 2. The predicted molar refractivity (Wildman–Crippen MR) is 134 cm³/mol. The van der Waals surface area contributed by atoms with E-state index in [4.69, 9.17) is 21.9 Å². The van der Waals surface area contributed by atoms with Crippen molar-refractivity contribution >= 4 is 51.1 Å². The molecule has 5 N–H and O–H groups in total. The van der Waals surface area contributed by atoms with Gasteiger partial charge in [-0.3, -0.25) is 14.3 Å². The van der Waals surface area contributed by atoms with Crippen molar-refractivity contribution in [3.63, 3.8) is 0 Å². The Morgan fingerprint density at radius 1 is 1.21 bits per heavy atom. The van der Waals surface area contributed by atoms with Gasteiger partial charge in [0, 0.05) is 22.6 Å². The van der Waals surface area contributed by atoms with E-state index in [9.17, 15) is 13.8 Å². The molecular weight excluding hydrogens is 478 g/mol. The maximum atomic E-state index is 13.3. The predicted octanol–water partition coefficient (Wildman–Crippen LogP) is 2.80. The molecule has 0 bridgehead atoms. The normalized spacial score (nSPS) is 13.4. The molecule has 11 heteroatoms. The molecule has 9 nitrogen and oxygen atoms in total. The Morgan fingerprint density at radius 3 is 2.50 bits per heavy atom. The highest BCUT2D eigenvalue weighted by molar-refractivity contribution is 7.79. The summed E-state index contributed by atoms with van der Waals surface area (Å²) in [6.07, 6.45) is 0. The molecule has 2 aromatic carbocycles. The van der Waals surface area contributed by atoms with Gasteiger partial charge in [0.2, 0.25) is 5.91 Å². The van der Waals surface area contributed by atoms with Crippen molar-refractivity contribution in [3.05, 3.63) is 58.7 Å². The average Bonchev–Trinajstić information content (AvgIpc) is 3.09. The third-order valence-electron chi connectivity index (χ3n) is 5.22. The van der Waals surface area contributed by atoms with E-state index in [1.54, 1.807) is 35.0 Å². The lowest BCUT2D eigenvalue weighted by Gasteiger charge is -2.30. The Balaban J connectivity index is 1.90. The van der Waals surface area contributed by atoms with Crippen molar-refractivity contribution in [2.45, 2.75) is 33.4 Å². The Morgan fingerprint density at radius 2 is 1.88 bits per heavy atom. The first-order chi connectivity index (χ1) is 16.0. The van der Waals surface area contributed by atoms with E-state index >= 15 is 0 Å². The number of aromatic nitrogens is 2. The molecule has 3 rings (SSSR count). The van der Waals surface area contributed by atoms with Crippen LogP contribution in [-0.2, 0) is 22.4 Å². The van der Waals surface area contributed by atoms with Crippen LogP contribution in [0.15, 0.2) is 42.5 Å². The highest BCUT2D eigenvalue weighted by Crippen LogP contribution is 2.25. The summed E-state index contributed by atoms with van der Waals surface area (Å²) in [5, 5.41) is 10.9. The molecule has 3 aromatic rings. The van der Waals surface area contributed by atoms with Crippen LogP contribution in [0, 0.1) is 5.41 Å². The van der Waals surface area contributed by atoms with Gasteiger partial charge >= 0.3 is 0 Å². The summed E-state index contributed by atoms with van der Waals surface area (Å²) in [6.45, 7) is 5.87. The number of nitrogens with one attached hydrogen (secondary N) is 2. The molecule has 182 valence electrons. The third-order valence-corrected chi connectivity index (χ3v) is 6.01. The van der Waals surface area contributed by atoms with E-state index in [0.717, 1.165) is 5.56 Å². The quantitative estimate of drug-likeness (QED) is 0.274. The van der Waals surface area contributed by atoms with E-state index in [-0.39, 0.29) is 18.0 Å². The summed E-state index contributed by atoms with van der Waals surface area (Å²) >= 11 is 4.18. The zero-order valence-corrected chi connectivity index (χ0v) is 20.7. The van der Waals surface area contributed by atoms with Gasteiger partial charge in [-0.25, -0.2) is 4.21 Å². The number of rotatable bonds is 8. The Bertz CT molecular complexity index is 1220. The lowest BCUT2D eigenvalue weighted by atomic mass is 9.86. The van der Waals surface area contributed by atoms with Gasteiger partial charge in [0.15, 0.2) is 16.8 Å². The fraction of sp³-hybridized carbons (Fsp3) is 0.348. The van der Waals surface area contributed by atoms with Crippen molar-refractivity contribution in [1.82, 2.24) is 20.4 Å². The molecule has 0 fully saturated rings. The van der Waals surface area contributed by atoms with Crippen LogP contribution in [0.4, 0.5) is 5.69 Å². The van der Waals surface area contributed by atoms with Gasteiger partial charge < -0.3 is 20.9 Å². The second-order valence-electron chi connectivity index (χ2n) is 9.00. The first-order valence-electron chi connectivity index (χ1n) is 10.6. The smallest absolute Gasteiger partial charge is 0.273 e. The van der Waals surface area contributed by atoms with Crippen LogP contribution in [0.3, 0.4) is 0 Å². The van der Waals surface area contributed by atoms with Crippen LogP contribution in [0.5, 0.6) is 0 Å². The van der Waals surface area contributed by atoms with E-state index in [0.29, 0.717) is 28.2 Å². The minimum Gasteiger partial charge on any atom is -0.399 e. The number of hydrogen-bond donors (Lipinski definition) is 4. The van der Waals surface area contributed by atoms with Crippen molar-refractivity contribution in [3.8, 4) is 0 Å². The molecule has 0 saturated heterocycles. The summed E-state index contributed by atoms with van der Waals surface area (Å²) < 4.78 is 21.5. The molecule has 0 aliphatic heterocycles. The lowest BCUT2D eigenvalue weighted by Crippen LogP contribution is -2.54. The van der Waals surface area contributed by atoms with E-state index in [2.05, 4.69) is 15.7 Å². The van der Waals surface area contributed by atoms with Crippen LogP contribution in [0.25, 0.3) is 10.9 Å². The molecule has 2 unspecified atom stereocenters. The fourth-order valence-electron chi connectivity index (χ4n) is 3.47. The zero-order valence-electron chi connectivity index (χ0n) is 19.2. The summed E-state index contributed by atoms with van der Waals surface area (Å²) in [5.74, 6) is -1.08. The fourth-order valence-corrected chi connectivity index (χ4v) is 3.92. The SMILES string of the molecule is CC(C)(C)C(NC(=O)c1nn(Cc2ccc(N)cc2)c2ccc(Cl)cc12)C(=O)NCCS(=O)O. The van der Waals surface area contributed by atoms with Gasteiger partial charge in [0.25, 0.3) is 5.91 Å². The number of amides is 2. The topological polar surface area (TPSA) is 139 Å². The van der Waals surface area contributed by atoms with Crippen LogP contribution < -0.4 is 16.4 Å². The minimum atomic E-state index is -2.02. The first kappa shape index (κ1) is 25.7. The van der Waals surface area contributed by atoms with Crippen molar-refractivity contribution in [2.75, 3.05) is 18.0 Å². The second kappa shape index (κ2) is 10.5. The van der Waals surface area contributed by atoms with Crippen molar-refractivity contribution in [1.29, 1.82) is 0 Å². The molecule has 0 spiro atoms. The molecule has 0 saturated carbocycles. The molecule has 0 radical (unpaired) electrons. The maximum Gasteiger partial charge on any atom is 0.273 e. The van der Waals surface area contributed by atoms with Gasteiger partial charge in [0.05, 0.1) is 17.8 Å². The van der Waals surface area contributed by atoms with Crippen LogP contribution in [0.2, 0.25) is 5.02 Å². The molecular formula is C23H28ClN5O4S. The van der Waals surface area contributed by atoms with Gasteiger partial charge in [-0.2, -0.15) is 5.10 Å². The number of anilines is 1. The highest BCUT2D eigenvalue weighted by Gasteiger charge is 2.34. The van der Waals surface area contributed by atoms with Gasteiger partial charge in [-0.1, -0.05) is 44.5 Å². The van der Waals surface area contributed by atoms with E-state index in [1.165, 1.54) is 0 Å². The summed E-state index contributed by atoms with van der Waals surface area (Å²) in [4.78, 5) is 26.1. The first-order valence-corrected chi connectivity index (χ1v) is 12.3. The Kier molecular flexibility index (Phi) is 7.96. The maximum absolute atomic E-state index is 13.3. The summed E-state index contributed by atoms with van der Waals surface area (Å²) in [7, 11) is 0. The number of carbonyl (C=O) groups excluding carboxylic acids is 2. The molecule has 0 aliphatic carbocycles. The number of nitrogens with two attached hydrogens (primary N) is 1. The Labute approximate surface area is 205 Å². The highest BCUT2D eigenvalue weighted by atomic mass is 35.5. The average molecular weight is 506 g/mol. The van der Waals surface area contributed by atoms with Crippen LogP contribution >= 0.6 is 11.6 Å². The number of benzene rings is 2. The molecule has 0 aliphatic rings. The van der Waals surface area contributed by atoms with Gasteiger partial charge in [-0.05, 0) is 41.3 Å². The summed E-state index contributed by atoms with van der Waals surface area (Å²) in [5.41, 5.74) is 7.61. The van der Waals surface area contributed by atoms with E-state index < -0.39 is 34.4 Å². The molecule has 1 heterocycles. The minimum absolute atomic E-state index is 0.0130. The Hall–Kier alpha value is -2.95. The van der Waals surface area contributed by atoms with E-state index in [1.807, 2.05) is 32.9 Å². The second-order valence-corrected chi connectivity index (χ2v) is 10.5. The number of hydrogen-bond acceptors (Lipinski definition) is 5. The summed E-state index contributed by atoms with van der Waals surface area (Å²) in [6, 6.07) is 11.7. The van der Waals surface area contributed by atoms with Crippen molar-refractivity contribution in [2.24, 2.45) is 5.41 Å². The molecule has 2 amide bonds. The lowest BCUT2D eigenvalue weighted by molar-refractivity contribution is -0.125. The van der Waals surface area contributed by atoms with Gasteiger partial charge in [0.1, 0.15) is 6.04 Å². The monoisotopic (exact) mass is 505 g/mol. The van der Waals surface area contributed by atoms with Crippen LogP contribution in [0.1, 0.15) is 36.8 Å². The molecule has 1 aromatic heterocycles. The van der Waals surface area contributed by atoms with Crippen molar-refractivity contribution < 1.29 is 18.4 Å². The van der Waals surface area contributed by atoms with Gasteiger partial charge in [-0.15, -0.1) is 0 Å². The number of nitrogen functional groups attached to an aromatic ring is 1.